The summed E-state index contributed by atoms with van der Waals surface area (Å²) in [5, 5.41) is 3.82. The highest BCUT2D eigenvalue weighted by atomic mass is 32.1. The highest BCUT2D eigenvalue weighted by Gasteiger charge is 2.41. The van der Waals surface area contributed by atoms with Crippen molar-refractivity contribution in [2.24, 2.45) is 0 Å². The molecule has 1 fully saturated rings. The van der Waals surface area contributed by atoms with E-state index in [0.29, 0.717) is 28.7 Å². The fourth-order valence-corrected chi connectivity index (χ4v) is 4.19. The number of ether oxygens (including phenoxy) is 2. The van der Waals surface area contributed by atoms with Crippen molar-refractivity contribution in [2.45, 2.75) is 18.5 Å². The Kier molecular flexibility index (Phi) is 6.69. The molecule has 2 atom stereocenters. The van der Waals surface area contributed by atoms with Gasteiger partial charge in [-0.25, -0.2) is 4.79 Å². The lowest BCUT2D eigenvalue weighted by atomic mass is 10.0. The van der Waals surface area contributed by atoms with Crippen LogP contribution in [0.4, 0.5) is 0 Å². The van der Waals surface area contributed by atoms with E-state index in [1.54, 1.807) is 24.4 Å². The topological polar surface area (TPSA) is 93.9 Å². The SMILES string of the molecule is COC(=O)CCN1C(=S)N[C@@H](c2ccccn2)[C@H]1c1ccc(-c2cccc(C(=O)OC)c2)o1. The molecule has 0 spiro atoms. The average Bonchev–Trinajstić information content (AvgIpc) is 3.47. The highest BCUT2D eigenvalue weighted by molar-refractivity contribution is 7.80. The number of aromatic nitrogens is 1. The summed E-state index contributed by atoms with van der Waals surface area (Å²) in [5.41, 5.74) is 1.98. The average molecular weight is 466 g/mol. The number of benzene rings is 1. The van der Waals surface area contributed by atoms with Gasteiger partial charge in [-0.05, 0) is 48.6 Å². The van der Waals surface area contributed by atoms with E-state index in [2.05, 4.69) is 10.3 Å². The minimum absolute atomic E-state index is 0.179. The van der Waals surface area contributed by atoms with Gasteiger partial charge in [-0.3, -0.25) is 9.78 Å². The monoisotopic (exact) mass is 465 g/mol. The predicted octanol–water partition coefficient (Wildman–Crippen LogP) is 3.66. The third kappa shape index (κ3) is 4.73. The van der Waals surface area contributed by atoms with Gasteiger partial charge < -0.3 is 24.1 Å². The summed E-state index contributed by atoms with van der Waals surface area (Å²) in [6, 6.07) is 15.8. The van der Waals surface area contributed by atoms with Gasteiger partial charge in [-0.1, -0.05) is 18.2 Å². The van der Waals surface area contributed by atoms with Crippen molar-refractivity contribution < 1.29 is 23.5 Å². The Morgan fingerprint density at radius 1 is 1.12 bits per heavy atom. The van der Waals surface area contributed by atoms with Gasteiger partial charge in [0.2, 0.25) is 0 Å². The number of esters is 2. The molecule has 0 aliphatic carbocycles. The maximum Gasteiger partial charge on any atom is 0.337 e. The van der Waals surface area contributed by atoms with Crippen molar-refractivity contribution >= 4 is 29.3 Å². The minimum atomic E-state index is -0.418. The van der Waals surface area contributed by atoms with E-state index in [9.17, 15) is 9.59 Å². The smallest absolute Gasteiger partial charge is 0.337 e. The number of carbonyl (C=O) groups is 2. The lowest BCUT2D eigenvalue weighted by Crippen LogP contribution is -2.31. The molecular formula is C24H23N3O5S. The number of rotatable bonds is 7. The van der Waals surface area contributed by atoms with E-state index in [-0.39, 0.29) is 24.5 Å². The van der Waals surface area contributed by atoms with Crippen LogP contribution in [-0.2, 0) is 14.3 Å². The summed E-state index contributed by atoms with van der Waals surface area (Å²) < 4.78 is 15.9. The highest BCUT2D eigenvalue weighted by Crippen LogP contribution is 2.40. The van der Waals surface area contributed by atoms with Gasteiger partial charge in [0.25, 0.3) is 0 Å². The van der Waals surface area contributed by atoms with Crippen LogP contribution in [0, 0.1) is 0 Å². The van der Waals surface area contributed by atoms with Gasteiger partial charge in [-0.2, -0.15) is 0 Å². The third-order valence-corrected chi connectivity index (χ3v) is 5.82. The molecule has 0 radical (unpaired) electrons. The lowest BCUT2D eigenvalue weighted by Gasteiger charge is -2.25. The molecule has 1 aromatic carbocycles. The van der Waals surface area contributed by atoms with Crippen LogP contribution in [0.5, 0.6) is 0 Å². The Morgan fingerprint density at radius 2 is 1.97 bits per heavy atom. The number of methoxy groups -OCH3 is 2. The third-order valence-electron chi connectivity index (χ3n) is 5.47. The molecule has 1 N–H and O–H groups in total. The maximum atomic E-state index is 11.9. The van der Waals surface area contributed by atoms with Crippen LogP contribution in [0.15, 0.2) is 65.2 Å². The maximum absolute atomic E-state index is 11.9. The molecule has 0 saturated carbocycles. The van der Waals surface area contributed by atoms with Crippen LogP contribution in [-0.4, -0.2) is 47.7 Å². The molecule has 0 amide bonds. The second kappa shape index (κ2) is 9.83. The standard InChI is InChI=1S/C24H23N3O5S/c1-30-20(28)11-13-27-22(21(26-24(27)33)17-8-3-4-12-25-17)19-10-9-18(32-19)15-6-5-7-16(14-15)23(29)31-2/h3-10,12,14,21-22H,11,13H2,1-2H3,(H,26,33)/t21-,22+/m0/s1. The molecule has 9 heteroatoms. The fourth-order valence-electron chi connectivity index (χ4n) is 3.85. The van der Waals surface area contributed by atoms with Crippen molar-refractivity contribution in [2.75, 3.05) is 20.8 Å². The largest absolute Gasteiger partial charge is 0.469 e. The van der Waals surface area contributed by atoms with E-state index in [4.69, 9.17) is 26.1 Å². The molecule has 8 nitrogen and oxygen atoms in total. The number of hydrogen-bond donors (Lipinski definition) is 1. The zero-order chi connectivity index (χ0) is 23.4. The summed E-state index contributed by atoms with van der Waals surface area (Å²) in [6.45, 7) is 0.361. The number of hydrogen-bond acceptors (Lipinski definition) is 7. The van der Waals surface area contributed by atoms with Crippen LogP contribution in [0.3, 0.4) is 0 Å². The van der Waals surface area contributed by atoms with Crippen LogP contribution in [0.1, 0.15) is 40.3 Å². The zero-order valence-electron chi connectivity index (χ0n) is 18.2. The molecule has 4 rings (SSSR count). The molecule has 3 heterocycles. The lowest BCUT2D eigenvalue weighted by molar-refractivity contribution is -0.140. The first-order chi connectivity index (χ1) is 16.0. The Labute approximate surface area is 196 Å². The summed E-state index contributed by atoms with van der Waals surface area (Å²) in [6.07, 6.45) is 1.90. The molecule has 170 valence electrons. The number of carbonyl (C=O) groups excluding carboxylic acids is 2. The zero-order valence-corrected chi connectivity index (χ0v) is 19.0. The van der Waals surface area contributed by atoms with Crippen molar-refractivity contribution in [1.29, 1.82) is 0 Å². The Bertz CT molecular complexity index is 1160. The van der Waals surface area contributed by atoms with Gasteiger partial charge in [0.15, 0.2) is 5.11 Å². The fraction of sp³-hybridized carbons (Fsp3) is 0.250. The number of nitrogens with zero attached hydrogens (tertiary/aromatic N) is 2. The summed E-state index contributed by atoms with van der Waals surface area (Å²) in [4.78, 5) is 30.1. The van der Waals surface area contributed by atoms with Crippen LogP contribution < -0.4 is 5.32 Å². The van der Waals surface area contributed by atoms with Crippen LogP contribution in [0.2, 0.25) is 0 Å². The van der Waals surface area contributed by atoms with Gasteiger partial charge in [0.1, 0.15) is 17.6 Å². The van der Waals surface area contributed by atoms with E-state index in [1.165, 1.54) is 14.2 Å². The Morgan fingerprint density at radius 3 is 2.70 bits per heavy atom. The molecule has 1 saturated heterocycles. The van der Waals surface area contributed by atoms with Gasteiger partial charge in [-0.15, -0.1) is 0 Å². The number of thiocarbonyl (C=S) groups is 1. The molecular weight excluding hydrogens is 442 g/mol. The molecule has 0 bridgehead atoms. The molecule has 3 aromatic rings. The normalized spacial score (nSPS) is 17.5. The summed E-state index contributed by atoms with van der Waals surface area (Å²) in [5.74, 6) is 0.512. The Hall–Kier alpha value is -3.72. The molecule has 0 unspecified atom stereocenters. The second-order valence-corrected chi connectivity index (χ2v) is 7.81. The van der Waals surface area contributed by atoms with E-state index in [1.807, 2.05) is 41.3 Å². The first kappa shape index (κ1) is 22.5. The second-order valence-electron chi connectivity index (χ2n) is 7.42. The van der Waals surface area contributed by atoms with Gasteiger partial charge in [0, 0.05) is 18.3 Å². The number of pyridine rings is 1. The number of nitrogens with one attached hydrogen (secondary N) is 1. The van der Waals surface area contributed by atoms with Crippen LogP contribution >= 0.6 is 12.2 Å². The van der Waals surface area contributed by atoms with Gasteiger partial charge >= 0.3 is 11.9 Å². The van der Waals surface area contributed by atoms with Crippen molar-refractivity contribution in [3.8, 4) is 11.3 Å². The molecule has 2 aromatic heterocycles. The van der Waals surface area contributed by atoms with Crippen LogP contribution in [0.25, 0.3) is 11.3 Å². The van der Waals surface area contributed by atoms with Crippen molar-refractivity contribution in [3.63, 3.8) is 0 Å². The van der Waals surface area contributed by atoms with Crippen molar-refractivity contribution in [3.05, 3.63) is 77.8 Å². The molecule has 1 aliphatic heterocycles. The minimum Gasteiger partial charge on any atom is -0.469 e. The molecule has 1 aliphatic rings. The first-order valence-electron chi connectivity index (χ1n) is 10.3. The predicted molar refractivity (Wildman–Crippen MR) is 124 cm³/mol. The number of furan rings is 1. The quantitative estimate of drug-likeness (QED) is 0.414. The molecule has 33 heavy (non-hydrogen) atoms. The van der Waals surface area contributed by atoms with E-state index >= 15 is 0 Å². The Balaban J connectivity index is 1.68. The summed E-state index contributed by atoms with van der Waals surface area (Å²) >= 11 is 5.58. The summed E-state index contributed by atoms with van der Waals surface area (Å²) in [7, 11) is 2.70. The van der Waals surface area contributed by atoms with Crippen molar-refractivity contribution in [1.82, 2.24) is 15.2 Å². The van der Waals surface area contributed by atoms with E-state index in [0.717, 1.165) is 11.3 Å². The first-order valence-corrected chi connectivity index (χ1v) is 10.8. The van der Waals surface area contributed by atoms with Gasteiger partial charge in [0.05, 0.1) is 37.9 Å². The van der Waals surface area contributed by atoms with E-state index < -0.39 is 5.97 Å².